The normalized spacial score (nSPS) is 11.4. The van der Waals surface area contributed by atoms with Gasteiger partial charge < -0.3 is 9.63 Å². The molecule has 2 N–H and O–H groups in total. The Morgan fingerprint density at radius 1 is 1.56 bits per heavy atom. The molecule has 0 unspecified atom stereocenters. The first-order chi connectivity index (χ1) is 8.40. The molecule has 0 spiro atoms. The maximum Gasteiger partial charge on any atom is 0.356 e. The molecule has 0 aromatic carbocycles. The molecule has 8 nitrogen and oxygen atoms in total. The minimum atomic E-state index is -4.04. The van der Waals surface area contributed by atoms with Crippen LogP contribution in [0.25, 0.3) is 0 Å². The summed E-state index contributed by atoms with van der Waals surface area (Å²) in [6, 6.07) is 1.37. The Balaban J connectivity index is 2.37. The number of carboxylic acid groups (broad SMARTS) is 1. The molecule has 0 aliphatic rings. The summed E-state index contributed by atoms with van der Waals surface area (Å²) in [4.78, 5) is 14.3. The Bertz CT molecular complexity index is 687. The fraction of sp³-hybridized carbons (Fsp3) is 0.125. The van der Waals surface area contributed by atoms with Crippen LogP contribution < -0.4 is 4.72 Å². The summed E-state index contributed by atoms with van der Waals surface area (Å²) in [5, 5.41) is 12.3. The van der Waals surface area contributed by atoms with E-state index in [1.54, 1.807) is 6.92 Å². The molecular weight excluding hydrogens is 282 g/mol. The molecule has 0 aliphatic carbocycles. The number of aryl methyl sites for hydroxylation is 1. The Morgan fingerprint density at radius 2 is 2.28 bits per heavy atom. The van der Waals surface area contributed by atoms with Gasteiger partial charge in [0.05, 0.1) is 11.2 Å². The number of aromatic carboxylic acids is 1. The van der Waals surface area contributed by atoms with Crippen molar-refractivity contribution in [2.24, 2.45) is 0 Å². The second-order valence-electron chi connectivity index (χ2n) is 3.23. The Kier molecular flexibility index (Phi) is 3.05. The number of anilines is 1. The predicted molar refractivity (Wildman–Crippen MR) is 61.1 cm³/mol. The third-order valence-electron chi connectivity index (χ3n) is 1.84. The lowest BCUT2D eigenvalue weighted by atomic mass is 10.5. The third-order valence-corrected chi connectivity index (χ3v) is 4.56. The van der Waals surface area contributed by atoms with E-state index in [1.807, 2.05) is 0 Å². The molecule has 0 amide bonds. The predicted octanol–water partition coefficient (Wildman–Crippen LogP) is 0.939. The van der Waals surface area contributed by atoms with Gasteiger partial charge in [-0.1, -0.05) is 5.16 Å². The van der Waals surface area contributed by atoms with E-state index >= 15 is 0 Å². The lowest BCUT2D eigenvalue weighted by Gasteiger charge is -2.02. The smallest absolute Gasteiger partial charge is 0.356 e. The summed E-state index contributed by atoms with van der Waals surface area (Å²) < 4.78 is 30.2. The summed E-state index contributed by atoms with van der Waals surface area (Å²) in [5.74, 6) is -1.50. The van der Waals surface area contributed by atoms with Crippen LogP contribution in [0.5, 0.6) is 0 Å². The van der Waals surface area contributed by atoms with Gasteiger partial charge in [-0.05, 0) is 6.92 Å². The number of hydrogen-bond acceptors (Lipinski definition) is 7. The van der Waals surface area contributed by atoms with Crippen molar-refractivity contribution in [1.29, 1.82) is 0 Å². The van der Waals surface area contributed by atoms with Gasteiger partial charge >= 0.3 is 5.97 Å². The van der Waals surface area contributed by atoms with Crippen LogP contribution in [0.1, 0.15) is 16.2 Å². The van der Waals surface area contributed by atoms with E-state index in [1.165, 1.54) is 6.07 Å². The number of hydrogen-bond donors (Lipinski definition) is 2. The molecule has 0 atom stereocenters. The van der Waals surface area contributed by atoms with Crippen LogP contribution in [0.3, 0.4) is 0 Å². The molecular formula is C8H7N3O5S2. The van der Waals surface area contributed by atoms with Gasteiger partial charge in [0.2, 0.25) is 5.88 Å². The van der Waals surface area contributed by atoms with Crippen molar-refractivity contribution in [3.8, 4) is 0 Å². The maximum absolute atomic E-state index is 11.9. The van der Waals surface area contributed by atoms with Gasteiger partial charge in [0, 0.05) is 6.07 Å². The van der Waals surface area contributed by atoms with Crippen molar-refractivity contribution in [3.63, 3.8) is 0 Å². The van der Waals surface area contributed by atoms with Gasteiger partial charge in [0.15, 0.2) is 9.90 Å². The lowest BCUT2D eigenvalue weighted by Crippen LogP contribution is -2.14. The molecule has 18 heavy (non-hydrogen) atoms. The highest BCUT2D eigenvalue weighted by atomic mass is 32.2. The van der Waals surface area contributed by atoms with Crippen LogP contribution in [0.15, 0.2) is 20.3 Å². The van der Waals surface area contributed by atoms with Crippen molar-refractivity contribution < 1.29 is 22.8 Å². The fourth-order valence-corrected chi connectivity index (χ4v) is 3.27. The molecule has 2 aromatic rings. The van der Waals surface area contributed by atoms with E-state index in [0.717, 1.165) is 5.51 Å². The Labute approximate surface area is 105 Å². The maximum atomic E-state index is 11.9. The number of thiazole rings is 1. The lowest BCUT2D eigenvalue weighted by molar-refractivity contribution is 0.0687. The monoisotopic (exact) mass is 289 g/mol. The zero-order valence-electron chi connectivity index (χ0n) is 8.95. The van der Waals surface area contributed by atoms with Crippen molar-refractivity contribution in [3.05, 3.63) is 23.0 Å². The number of sulfonamides is 1. The zero-order valence-corrected chi connectivity index (χ0v) is 10.6. The number of aromatic nitrogens is 2. The topological polar surface area (TPSA) is 122 Å². The highest BCUT2D eigenvalue weighted by Gasteiger charge is 2.26. The van der Waals surface area contributed by atoms with Gasteiger partial charge in [-0.3, -0.25) is 0 Å². The Morgan fingerprint density at radius 3 is 2.83 bits per heavy atom. The quantitative estimate of drug-likeness (QED) is 0.858. The molecule has 0 radical (unpaired) electrons. The number of nitrogens with zero attached hydrogens (tertiary/aromatic N) is 2. The molecule has 0 bridgehead atoms. The minimum absolute atomic E-state index is 0.0859. The summed E-state index contributed by atoms with van der Waals surface area (Å²) in [6.45, 7) is 1.62. The third kappa shape index (κ3) is 2.33. The standard InChI is InChI=1S/C8H7N3O5S2/c1-4-2-5(16-10-4)11-18(14,15)8-6(7(12)13)9-3-17-8/h2-3,11H,1H3,(H,12,13). The molecule has 2 heterocycles. The van der Waals surface area contributed by atoms with Crippen molar-refractivity contribution in [2.45, 2.75) is 11.1 Å². The molecule has 0 fully saturated rings. The van der Waals surface area contributed by atoms with E-state index in [4.69, 9.17) is 9.63 Å². The van der Waals surface area contributed by atoms with Gasteiger partial charge in [-0.25, -0.2) is 22.9 Å². The summed E-state index contributed by atoms with van der Waals surface area (Å²) in [6.07, 6.45) is 0. The van der Waals surface area contributed by atoms with Gasteiger partial charge in [0.1, 0.15) is 0 Å². The highest BCUT2D eigenvalue weighted by molar-refractivity contribution is 7.94. The van der Waals surface area contributed by atoms with E-state index in [9.17, 15) is 13.2 Å². The highest BCUT2D eigenvalue weighted by Crippen LogP contribution is 2.23. The largest absolute Gasteiger partial charge is 0.476 e. The average Bonchev–Trinajstić information content (AvgIpc) is 2.86. The summed E-state index contributed by atoms with van der Waals surface area (Å²) >= 11 is 0.706. The van der Waals surface area contributed by atoms with Crippen LogP contribution in [-0.2, 0) is 10.0 Å². The van der Waals surface area contributed by atoms with Gasteiger partial charge in [-0.15, -0.1) is 11.3 Å². The molecule has 2 aromatic heterocycles. The van der Waals surface area contributed by atoms with Crippen LogP contribution in [0.4, 0.5) is 5.88 Å². The molecule has 0 saturated heterocycles. The number of carbonyl (C=O) groups is 1. The second-order valence-corrected chi connectivity index (χ2v) is 5.96. The molecule has 0 aliphatic heterocycles. The van der Waals surface area contributed by atoms with E-state index in [0.29, 0.717) is 17.0 Å². The first-order valence-corrected chi connectivity index (χ1v) is 6.89. The number of rotatable bonds is 4. The summed E-state index contributed by atoms with van der Waals surface area (Å²) in [7, 11) is -4.04. The first kappa shape index (κ1) is 12.5. The SMILES string of the molecule is Cc1cc(NS(=O)(=O)c2scnc2C(=O)O)on1. The molecule has 96 valence electrons. The van der Waals surface area contributed by atoms with E-state index < -0.39 is 21.7 Å². The van der Waals surface area contributed by atoms with Crippen LogP contribution in [0.2, 0.25) is 0 Å². The number of carboxylic acids is 1. The van der Waals surface area contributed by atoms with Crippen LogP contribution in [0, 0.1) is 6.92 Å². The minimum Gasteiger partial charge on any atom is -0.476 e. The van der Waals surface area contributed by atoms with Crippen molar-refractivity contribution in [1.82, 2.24) is 10.1 Å². The molecule has 10 heteroatoms. The van der Waals surface area contributed by atoms with E-state index in [-0.39, 0.29) is 10.1 Å². The Hall–Kier alpha value is -1.94. The second kappa shape index (κ2) is 4.38. The number of nitrogens with one attached hydrogen (secondary N) is 1. The summed E-state index contributed by atoms with van der Waals surface area (Å²) in [5.41, 5.74) is 1.11. The average molecular weight is 289 g/mol. The van der Waals surface area contributed by atoms with Crippen molar-refractivity contribution >= 4 is 33.2 Å². The molecule has 2 rings (SSSR count). The fourth-order valence-electron chi connectivity index (χ4n) is 1.16. The first-order valence-electron chi connectivity index (χ1n) is 4.53. The van der Waals surface area contributed by atoms with Crippen molar-refractivity contribution in [2.75, 3.05) is 4.72 Å². The van der Waals surface area contributed by atoms with E-state index in [2.05, 4.69) is 14.9 Å². The van der Waals surface area contributed by atoms with Crippen LogP contribution in [-0.4, -0.2) is 29.6 Å². The molecule has 0 saturated carbocycles. The van der Waals surface area contributed by atoms with Crippen LogP contribution >= 0.6 is 11.3 Å². The van der Waals surface area contributed by atoms with Gasteiger partial charge in [-0.2, -0.15) is 0 Å². The van der Waals surface area contributed by atoms with Gasteiger partial charge in [0.25, 0.3) is 10.0 Å². The zero-order chi connectivity index (χ0) is 13.3.